The lowest BCUT2D eigenvalue weighted by Gasteiger charge is -2.13. The molecule has 2 aromatic carbocycles. The van der Waals surface area contributed by atoms with Crippen LogP contribution in [0.25, 0.3) is 11.1 Å². The molecule has 0 saturated carbocycles. The van der Waals surface area contributed by atoms with Crippen molar-refractivity contribution in [1.29, 1.82) is 0 Å². The normalized spacial score (nSPS) is 11.5. The van der Waals surface area contributed by atoms with E-state index in [1.807, 2.05) is 49.6 Å². The number of benzene rings is 2. The Labute approximate surface area is 164 Å². The lowest BCUT2D eigenvalue weighted by molar-refractivity contribution is 0.315. The van der Waals surface area contributed by atoms with E-state index in [1.54, 1.807) is 29.5 Å². The highest BCUT2D eigenvalue weighted by Gasteiger charge is 2.16. The highest BCUT2D eigenvalue weighted by atomic mass is 32.2. The Morgan fingerprint density at radius 1 is 1.11 bits per heavy atom. The number of aryl methyl sites for hydroxylation is 1. The van der Waals surface area contributed by atoms with Crippen molar-refractivity contribution in [1.82, 2.24) is 4.72 Å². The van der Waals surface area contributed by atoms with Gasteiger partial charge in [-0.05, 0) is 70.6 Å². The van der Waals surface area contributed by atoms with Gasteiger partial charge in [0.2, 0.25) is 10.0 Å². The van der Waals surface area contributed by atoms with Gasteiger partial charge in [0.15, 0.2) is 0 Å². The molecule has 3 aromatic rings. The third kappa shape index (κ3) is 4.77. The largest absolute Gasteiger partial charge is 0.493 e. The monoisotopic (exact) mass is 401 g/mol. The van der Waals surface area contributed by atoms with Crippen LogP contribution in [-0.2, 0) is 16.6 Å². The van der Waals surface area contributed by atoms with Crippen molar-refractivity contribution in [3.63, 3.8) is 0 Å². The van der Waals surface area contributed by atoms with Crippen LogP contribution in [0.15, 0.2) is 64.2 Å². The van der Waals surface area contributed by atoms with Crippen molar-refractivity contribution in [2.45, 2.75) is 31.7 Å². The minimum atomic E-state index is -3.61. The summed E-state index contributed by atoms with van der Waals surface area (Å²) in [5.74, 6) is 0.721. The van der Waals surface area contributed by atoms with E-state index in [9.17, 15) is 8.42 Å². The maximum atomic E-state index is 12.7. The van der Waals surface area contributed by atoms with E-state index in [1.165, 1.54) is 0 Å². The molecule has 4 nitrogen and oxygen atoms in total. The van der Waals surface area contributed by atoms with Crippen molar-refractivity contribution in [2.75, 3.05) is 6.61 Å². The highest BCUT2D eigenvalue weighted by Crippen LogP contribution is 2.26. The van der Waals surface area contributed by atoms with E-state index < -0.39 is 10.0 Å². The van der Waals surface area contributed by atoms with Gasteiger partial charge in [-0.3, -0.25) is 0 Å². The molecule has 1 heterocycles. The average molecular weight is 402 g/mol. The van der Waals surface area contributed by atoms with E-state index in [2.05, 4.69) is 10.1 Å². The van der Waals surface area contributed by atoms with Crippen LogP contribution in [0.4, 0.5) is 0 Å². The zero-order valence-corrected chi connectivity index (χ0v) is 17.1. The minimum Gasteiger partial charge on any atom is -0.493 e. The fourth-order valence-corrected chi connectivity index (χ4v) is 4.54. The van der Waals surface area contributed by atoms with Gasteiger partial charge in [-0.25, -0.2) is 13.1 Å². The maximum Gasteiger partial charge on any atom is 0.240 e. The summed E-state index contributed by atoms with van der Waals surface area (Å²) in [4.78, 5) is 0.247. The molecule has 0 amide bonds. The molecule has 142 valence electrons. The first-order valence-corrected chi connectivity index (χ1v) is 11.3. The van der Waals surface area contributed by atoms with Crippen molar-refractivity contribution >= 4 is 21.4 Å². The number of sulfonamides is 1. The van der Waals surface area contributed by atoms with E-state index in [0.29, 0.717) is 6.61 Å². The SMILES string of the molecule is CCCOc1ccc(S(=O)(=O)NCc2ccccc2-c2ccsc2)cc1C. The fourth-order valence-electron chi connectivity index (χ4n) is 2.79. The highest BCUT2D eigenvalue weighted by molar-refractivity contribution is 7.89. The number of ether oxygens (including phenoxy) is 1. The van der Waals surface area contributed by atoms with Gasteiger partial charge < -0.3 is 4.74 Å². The third-order valence-corrected chi connectivity index (χ3v) is 6.30. The van der Waals surface area contributed by atoms with Crippen LogP contribution in [0.5, 0.6) is 5.75 Å². The molecule has 0 aliphatic heterocycles. The van der Waals surface area contributed by atoms with Crippen LogP contribution in [-0.4, -0.2) is 15.0 Å². The smallest absolute Gasteiger partial charge is 0.240 e. The summed E-state index contributed by atoms with van der Waals surface area (Å²) in [5.41, 5.74) is 3.90. The van der Waals surface area contributed by atoms with Gasteiger partial charge in [0, 0.05) is 6.54 Å². The van der Waals surface area contributed by atoms with Crippen LogP contribution >= 0.6 is 11.3 Å². The molecule has 0 bridgehead atoms. The van der Waals surface area contributed by atoms with Gasteiger partial charge in [-0.1, -0.05) is 31.2 Å². The van der Waals surface area contributed by atoms with Crippen LogP contribution in [0.1, 0.15) is 24.5 Å². The Balaban J connectivity index is 1.77. The predicted octanol–water partition coefficient (Wildman–Crippen LogP) is 4.99. The van der Waals surface area contributed by atoms with Gasteiger partial charge in [-0.2, -0.15) is 11.3 Å². The van der Waals surface area contributed by atoms with Crippen molar-refractivity contribution in [3.05, 3.63) is 70.4 Å². The first-order chi connectivity index (χ1) is 13.0. The molecule has 0 unspecified atom stereocenters. The van der Waals surface area contributed by atoms with E-state index in [-0.39, 0.29) is 11.4 Å². The lowest BCUT2D eigenvalue weighted by atomic mass is 10.0. The van der Waals surface area contributed by atoms with Crippen molar-refractivity contribution in [3.8, 4) is 16.9 Å². The second kappa shape index (κ2) is 8.69. The Morgan fingerprint density at radius 3 is 2.63 bits per heavy atom. The van der Waals surface area contributed by atoms with Crippen LogP contribution in [0.3, 0.4) is 0 Å². The summed E-state index contributed by atoms with van der Waals surface area (Å²) >= 11 is 1.62. The zero-order valence-electron chi connectivity index (χ0n) is 15.4. The van der Waals surface area contributed by atoms with Gasteiger partial charge >= 0.3 is 0 Å². The number of rotatable bonds is 8. The van der Waals surface area contributed by atoms with Gasteiger partial charge in [0.05, 0.1) is 11.5 Å². The standard InChI is InChI=1S/C21H23NO3S2/c1-3-11-25-21-9-8-19(13-16(21)2)27(23,24)22-14-17-6-4-5-7-20(17)18-10-12-26-15-18/h4-10,12-13,15,22H,3,11,14H2,1-2H3. The van der Waals surface area contributed by atoms with Gasteiger partial charge in [0.25, 0.3) is 0 Å². The summed E-state index contributed by atoms with van der Waals surface area (Å²) in [5, 5.41) is 4.08. The molecular weight excluding hydrogens is 378 g/mol. The summed E-state index contributed by atoms with van der Waals surface area (Å²) in [7, 11) is -3.61. The Kier molecular flexibility index (Phi) is 6.31. The molecule has 0 atom stereocenters. The molecule has 6 heteroatoms. The topological polar surface area (TPSA) is 55.4 Å². The van der Waals surface area contributed by atoms with Crippen molar-refractivity contribution < 1.29 is 13.2 Å². The van der Waals surface area contributed by atoms with Crippen molar-refractivity contribution in [2.24, 2.45) is 0 Å². The molecule has 27 heavy (non-hydrogen) atoms. The molecule has 1 aromatic heterocycles. The predicted molar refractivity (Wildman–Crippen MR) is 111 cm³/mol. The molecule has 1 N–H and O–H groups in total. The maximum absolute atomic E-state index is 12.7. The second-order valence-corrected chi connectivity index (χ2v) is 8.82. The lowest BCUT2D eigenvalue weighted by Crippen LogP contribution is -2.23. The Morgan fingerprint density at radius 2 is 1.93 bits per heavy atom. The number of hydrogen-bond donors (Lipinski definition) is 1. The molecular formula is C21H23NO3S2. The van der Waals surface area contributed by atoms with E-state index in [0.717, 1.165) is 34.4 Å². The second-order valence-electron chi connectivity index (χ2n) is 6.27. The average Bonchev–Trinajstić information content (AvgIpc) is 3.20. The molecule has 3 rings (SSSR count). The quantitative estimate of drug-likeness (QED) is 0.578. The Hall–Kier alpha value is -2.15. The Bertz CT molecular complexity index is 996. The van der Waals surface area contributed by atoms with Gasteiger partial charge in [0.1, 0.15) is 5.75 Å². The van der Waals surface area contributed by atoms with Crippen LogP contribution < -0.4 is 9.46 Å². The zero-order chi connectivity index (χ0) is 19.3. The third-order valence-electron chi connectivity index (χ3n) is 4.22. The summed E-state index contributed by atoms with van der Waals surface area (Å²) in [6.07, 6.45) is 0.907. The van der Waals surface area contributed by atoms with E-state index in [4.69, 9.17) is 4.74 Å². The minimum absolute atomic E-state index is 0.238. The first-order valence-electron chi connectivity index (χ1n) is 8.85. The number of nitrogens with one attached hydrogen (secondary N) is 1. The summed E-state index contributed by atoms with van der Waals surface area (Å²) in [6.45, 7) is 4.74. The van der Waals surface area contributed by atoms with Crippen LogP contribution in [0.2, 0.25) is 0 Å². The van der Waals surface area contributed by atoms with E-state index >= 15 is 0 Å². The number of thiophene rings is 1. The van der Waals surface area contributed by atoms with Gasteiger partial charge in [-0.15, -0.1) is 0 Å². The number of hydrogen-bond acceptors (Lipinski definition) is 4. The molecule has 0 fully saturated rings. The first kappa shape index (κ1) is 19.6. The summed E-state index contributed by atoms with van der Waals surface area (Å²) < 4.78 is 33.8. The molecule has 0 saturated heterocycles. The molecule has 0 aliphatic carbocycles. The molecule has 0 radical (unpaired) electrons. The molecule has 0 spiro atoms. The molecule has 0 aliphatic rings. The van der Waals surface area contributed by atoms with Crippen LogP contribution in [0, 0.1) is 6.92 Å². The summed E-state index contributed by atoms with van der Waals surface area (Å²) in [6, 6.07) is 14.8. The fraction of sp³-hybridized carbons (Fsp3) is 0.238.